The standard InChI is InChI=1S/C6H14N2O/c1-5-3-6(9)4-8(5)7-2/h5-7,9H,3-4H2,1-2H3/t5?,6-/m1/s1. The summed E-state index contributed by atoms with van der Waals surface area (Å²) >= 11 is 0. The van der Waals surface area contributed by atoms with Gasteiger partial charge in [0.2, 0.25) is 0 Å². The Morgan fingerprint density at radius 2 is 2.33 bits per heavy atom. The SMILES string of the molecule is CNN1C[C@H](O)CC1C. The first kappa shape index (κ1) is 6.99. The van der Waals surface area contributed by atoms with E-state index < -0.39 is 0 Å². The molecular formula is C6H14N2O. The molecule has 0 saturated carbocycles. The van der Waals surface area contributed by atoms with Gasteiger partial charge in [0.05, 0.1) is 6.10 Å². The maximum atomic E-state index is 9.12. The molecule has 1 aliphatic heterocycles. The molecule has 3 nitrogen and oxygen atoms in total. The summed E-state index contributed by atoms with van der Waals surface area (Å²) < 4.78 is 0. The van der Waals surface area contributed by atoms with Crippen molar-refractivity contribution in [1.29, 1.82) is 0 Å². The number of nitrogens with zero attached hydrogens (tertiary/aromatic N) is 1. The largest absolute Gasteiger partial charge is 0.392 e. The van der Waals surface area contributed by atoms with Crippen LogP contribution in [0.25, 0.3) is 0 Å². The van der Waals surface area contributed by atoms with Gasteiger partial charge in [-0.05, 0) is 20.4 Å². The van der Waals surface area contributed by atoms with Crippen molar-refractivity contribution in [1.82, 2.24) is 10.4 Å². The maximum absolute atomic E-state index is 9.12. The zero-order chi connectivity index (χ0) is 6.85. The van der Waals surface area contributed by atoms with Crippen LogP contribution in [0.1, 0.15) is 13.3 Å². The Kier molecular flexibility index (Phi) is 2.05. The second-order valence-electron chi connectivity index (χ2n) is 2.61. The Labute approximate surface area is 55.6 Å². The van der Waals surface area contributed by atoms with Gasteiger partial charge in [0, 0.05) is 12.6 Å². The predicted octanol–water partition coefficient (Wildman–Crippen LogP) is -0.424. The number of rotatable bonds is 1. The molecule has 1 saturated heterocycles. The van der Waals surface area contributed by atoms with Crippen LogP contribution in [0.5, 0.6) is 0 Å². The average Bonchev–Trinajstić information content (AvgIpc) is 2.10. The van der Waals surface area contributed by atoms with E-state index in [4.69, 9.17) is 5.11 Å². The van der Waals surface area contributed by atoms with Crippen LogP contribution in [-0.4, -0.2) is 35.9 Å². The van der Waals surface area contributed by atoms with Crippen molar-refractivity contribution in [2.75, 3.05) is 13.6 Å². The van der Waals surface area contributed by atoms with E-state index >= 15 is 0 Å². The molecule has 9 heavy (non-hydrogen) atoms. The van der Waals surface area contributed by atoms with E-state index in [1.54, 1.807) is 0 Å². The zero-order valence-electron chi connectivity index (χ0n) is 5.96. The molecule has 0 aromatic heterocycles. The molecule has 0 amide bonds. The number of nitrogens with one attached hydrogen (secondary N) is 1. The first-order valence-electron chi connectivity index (χ1n) is 3.36. The molecular weight excluding hydrogens is 116 g/mol. The highest BCUT2D eigenvalue weighted by atomic mass is 16.3. The number of aliphatic hydroxyl groups is 1. The Balaban J connectivity index is 2.38. The molecule has 0 bridgehead atoms. The molecule has 1 rings (SSSR count). The minimum absolute atomic E-state index is 0.132. The van der Waals surface area contributed by atoms with Gasteiger partial charge in [0.1, 0.15) is 0 Å². The fourth-order valence-electron chi connectivity index (χ4n) is 1.31. The summed E-state index contributed by atoms with van der Waals surface area (Å²) in [5, 5.41) is 11.2. The average molecular weight is 130 g/mol. The molecule has 1 aliphatic rings. The molecule has 0 aromatic carbocycles. The lowest BCUT2D eigenvalue weighted by Gasteiger charge is -2.18. The van der Waals surface area contributed by atoms with E-state index in [1.165, 1.54) is 0 Å². The lowest BCUT2D eigenvalue weighted by Crippen LogP contribution is -2.37. The van der Waals surface area contributed by atoms with Gasteiger partial charge in [0.25, 0.3) is 0 Å². The van der Waals surface area contributed by atoms with E-state index in [0.29, 0.717) is 6.04 Å². The quantitative estimate of drug-likeness (QED) is 0.506. The van der Waals surface area contributed by atoms with Gasteiger partial charge in [0.15, 0.2) is 0 Å². The molecule has 0 radical (unpaired) electrons. The molecule has 1 heterocycles. The second kappa shape index (κ2) is 2.64. The van der Waals surface area contributed by atoms with E-state index in [0.717, 1.165) is 13.0 Å². The summed E-state index contributed by atoms with van der Waals surface area (Å²) in [6.45, 7) is 2.87. The maximum Gasteiger partial charge on any atom is 0.0696 e. The number of hydrazine groups is 1. The number of hydrogen-bond donors (Lipinski definition) is 2. The normalized spacial score (nSPS) is 37.7. The van der Waals surface area contributed by atoms with Gasteiger partial charge in [-0.15, -0.1) is 0 Å². The van der Waals surface area contributed by atoms with Crippen molar-refractivity contribution >= 4 is 0 Å². The van der Waals surface area contributed by atoms with Crippen LogP contribution in [0.15, 0.2) is 0 Å². The molecule has 0 spiro atoms. The smallest absolute Gasteiger partial charge is 0.0696 e. The van der Waals surface area contributed by atoms with Crippen LogP contribution in [0.4, 0.5) is 0 Å². The van der Waals surface area contributed by atoms with Crippen LogP contribution in [0.3, 0.4) is 0 Å². The Bertz CT molecular complexity index is 97.1. The fourth-order valence-corrected chi connectivity index (χ4v) is 1.31. The molecule has 2 N–H and O–H groups in total. The van der Waals surface area contributed by atoms with Gasteiger partial charge < -0.3 is 5.11 Å². The van der Waals surface area contributed by atoms with Gasteiger partial charge >= 0.3 is 0 Å². The lowest BCUT2D eigenvalue weighted by atomic mass is 10.2. The minimum Gasteiger partial charge on any atom is -0.392 e. The summed E-state index contributed by atoms with van der Waals surface area (Å²) in [5.74, 6) is 0. The van der Waals surface area contributed by atoms with E-state index in [2.05, 4.69) is 12.3 Å². The molecule has 3 heteroatoms. The van der Waals surface area contributed by atoms with Crippen molar-refractivity contribution in [2.24, 2.45) is 0 Å². The van der Waals surface area contributed by atoms with Crippen molar-refractivity contribution in [3.05, 3.63) is 0 Å². The molecule has 1 fully saturated rings. The Morgan fingerprint density at radius 1 is 1.67 bits per heavy atom. The van der Waals surface area contributed by atoms with Crippen LogP contribution < -0.4 is 5.43 Å². The molecule has 0 aromatic rings. The lowest BCUT2D eigenvalue weighted by molar-refractivity contribution is 0.154. The molecule has 1 unspecified atom stereocenters. The second-order valence-corrected chi connectivity index (χ2v) is 2.61. The highest BCUT2D eigenvalue weighted by Crippen LogP contribution is 2.13. The van der Waals surface area contributed by atoms with Crippen LogP contribution in [0, 0.1) is 0 Å². The van der Waals surface area contributed by atoms with Crippen LogP contribution >= 0.6 is 0 Å². The molecule has 0 aliphatic carbocycles. The van der Waals surface area contributed by atoms with E-state index in [1.807, 2.05) is 12.1 Å². The van der Waals surface area contributed by atoms with Gasteiger partial charge in [-0.25, -0.2) is 5.01 Å². The number of β-amino-alcohol motifs (C(OH)–C–C–N with tert-alkyl or cyclic N) is 1. The fraction of sp³-hybridized carbons (Fsp3) is 1.00. The Morgan fingerprint density at radius 3 is 2.56 bits per heavy atom. The zero-order valence-corrected chi connectivity index (χ0v) is 5.96. The summed E-state index contributed by atoms with van der Waals surface area (Å²) in [5.41, 5.74) is 3.02. The third-order valence-electron chi connectivity index (χ3n) is 1.84. The highest BCUT2D eigenvalue weighted by molar-refractivity contribution is 4.78. The van der Waals surface area contributed by atoms with E-state index in [9.17, 15) is 0 Å². The van der Waals surface area contributed by atoms with E-state index in [-0.39, 0.29) is 6.10 Å². The predicted molar refractivity (Wildman–Crippen MR) is 35.9 cm³/mol. The topological polar surface area (TPSA) is 35.5 Å². The van der Waals surface area contributed by atoms with Crippen LogP contribution in [0.2, 0.25) is 0 Å². The van der Waals surface area contributed by atoms with Crippen molar-refractivity contribution in [2.45, 2.75) is 25.5 Å². The number of hydrogen-bond acceptors (Lipinski definition) is 3. The highest BCUT2D eigenvalue weighted by Gasteiger charge is 2.25. The van der Waals surface area contributed by atoms with Crippen molar-refractivity contribution in [3.63, 3.8) is 0 Å². The van der Waals surface area contributed by atoms with Crippen LogP contribution in [-0.2, 0) is 0 Å². The summed E-state index contributed by atoms with van der Waals surface area (Å²) in [6, 6.07) is 0.477. The number of aliphatic hydroxyl groups excluding tert-OH is 1. The van der Waals surface area contributed by atoms with Gasteiger partial charge in [-0.2, -0.15) is 0 Å². The third kappa shape index (κ3) is 1.41. The monoisotopic (exact) mass is 130 g/mol. The van der Waals surface area contributed by atoms with Gasteiger partial charge in [-0.1, -0.05) is 0 Å². The minimum atomic E-state index is -0.132. The third-order valence-corrected chi connectivity index (χ3v) is 1.84. The van der Waals surface area contributed by atoms with Crippen molar-refractivity contribution < 1.29 is 5.11 Å². The first-order chi connectivity index (χ1) is 4.24. The summed E-state index contributed by atoms with van der Waals surface area (Å²) in [4.78, 5) is 0. The molecule has 54 valence electrons. The Hall–Kier alpha value is -0.120. The van der Waals surface area contributed by atoms with Gasteiger partial charge in [-0.3, -0.25) is 5.43 Å². The summed E-state index contributed by atoms with van der Waals surface area (Å²) in [6.07, 6.45) is 0.758. The summed E-state index contributed by atoms with van der Waals surface area (Å²) in [7, 11) is 1.88. The molecule has 2 atom stereocenters. The first-order valence-corrected chi connectivity index (χ1v) is 3.36. The van der Waals surface area contributed by atoms with Crippen molar-refractivity contribution in [3.8, 4) is 0 Å².